The van der Waals surface area contributed by atoms with Crippen molar-refractivity contribution in [1.82, 2.24) is 15.2 Å². The van der Waals surface area contributed by atoms with Crippen LogP contribution < -0.4 is 0 Å². The topological polar surface area (TPSA) is 107 Å². The van der Waals surface area contributed by atoms with Crippen molar-refractivity contribution in [3.8, 4) is 11.5 Å². The number of nitrogens with one attached hydrogen (secondary N) is 1. The Balaban J connectivity index is 1.75. The van der Waals surface area contributed by atoms with Crippen LogP contribution in [0.3, 0.4) is 0 Å². The van der Waals surface area contributed by atoms with E-state index in [9.17, 15) is 9.59 Å². The number of nitrogens with zero attached hydrogens (tertiary/aromatic N) is 2. The third kappa shape index (κ3) is 4.42. The van der Waals surface area contributed by atoms with E-state index in [-0.39, 0.29) is 17.7 Å². The number of carbonyl (C=O) groups is 2. The van der Waals surface area contributed by atoms with Crippen LogP contribution in [0.1, 0.15) is 70.4 Å². The van der Waals surface area contributed by atoms with E-state index in [1.807, 2.05) is 31.2 Å². The van der Waals surface area contributed by atoms with Crippen molar-refractivity contribution in [3.05, 3.63) is 58.2 Å². The third-order valence-corrected chi connectivity index (χ3v) is 4.56. The summed E-state index contributed by atoms with van der Waals surface area (Å²) in [6.45, 7) is 10.5. The van der Waals surface area contributed by atoms with Crippen LogP contribution in [0.5, 0.6) is 0 Å². The van der Waals surface area contributed by atoms with Crippen molar-refractivity contribution in [1.29, 1.82) is 0 Å². The Morgan fingerprint density at radius 2 is 1.63 bits per heavy atom. The zero-order chi connectivity index (χ0) is 22.0. The largest absolute Gasteiger partial charge is 0.459 e. The molecular weight excluding hydrogens is 386 g/mol. The lowest BCUT2D eigenvalue weighted by atomic mass is 10.1. The van der Waals surface area contributed by atoms with Crippen molar-refractivity contribution in [3.63, 3.8) is 0 Å². The van der Waals surface area contributed by atoms with Crippen molar-refractivity contribution in [2.24, 2.45) is 0 Å². The van der Waals surface area contributed by atoms with E-state index >= 15 is 0 Å². The normalized spacial score (nSPS) is 12.1. The van der Waals surface area contributed by atoms with E-state index in [2.05, 4.69) is 15.2 Å². The maximum absolute atomic E-state index is 12.7. The molecule has 158 valence electrons. The van der Waals surface area contributed by atoms with Gasteiger partial charge in [0.15, 0.2) is 6.10 Å². The zero-order valence-corrected chi connectivity index (χ0v) is 17.9. The molecule has 3 rings (SSSR count). The number of hydrogen-bond donors (Lipinski definition) is 1. The van der Waals surface area contributed by atoms with Crippen molar-refractivity contribution in [2.75, 3.05) is 0 Å². The minimum absolute atomic E-state index is 0.180. The molecule has 0 amide bonds. The van der Waals surface area contributed by atoms with Gasteiger partial charge in [-0.2, -0.15) is 0 Å². The summed E-state index contributed by atoms with van der Waals surface area (Å²) >= 11 is 0. The summed E-state index contributed by atoms with van der Waals surface area (Å²) in [5.41, 5.74) is 3.44. The lowest BCUT2D eigenvalue weighted by Gasteiger charge is -2.10. The van der Waals surface area contributed by atoms with Gasteiger partial charge in [0.2, 0.25) is 5.89 Å². The highest BCUT2D eigenvalue weighted by atomic mass is 16.6. The van der Waals surface area contributed by atoms with E-state index in [1.54, 1.807) is 34.6 Å². The second-order valence-corrected chi connectivity index (χ2v) is 7.44. The summed E-state index contributed by atoms with van der Waals surface area (Å²) in [4.78, 5) is 27.9. The molecule has 30 heavy (non-hydrogen) atoms. The summed E-state index contributed by atoms with van der Waals surface area (Å²) in [7, 11) is 0. The van der Waals surface area contributed by atoms with E-state index in [1.165, 1.54) is 0 Å². The smallest absolute Gasteiger partial charge is 0.355 e. The molecule has 0 unspecified atom stereocenters. The molecule has 0 aliphatic carbocycles. The van der Waals surface area contributed by atoms with Gasteiger partial charge in [-0.05, 0) is 59.2 Å². The van der Waals surface area contributed by atoms with Crippen molar-refractivity contribution < 1.29 is 23.5 Å². The SMILES string of the molecule is Cc1ccc(-c2nnc([C@H](C)OC(=O)c3[nH]c(C)c(C(=O)OC(C)C)c3C)o2)cc1. The molecule has 8 heteroatoms. The monoisotopic (exact) mass is 411 g/mol. The van der Waals surface area contributed by atoms with E-state index < -0.39 is 18.0 Å². The first-order chi connectivity index (χ1) is 14.2. The Hall–Kier alpha value is -3.42. The second kappa shape index (κ2) is 8.52. The van der Waals surface area contributed by atoms with Crippen molar-refractivity contribution >= 4 is 11.9 Å². The van der Waals surface area contributed by atoms with Crippen LogP contribution in [0.25, 0.3) is 11.5 Å². The third-order valence-electron chi connectivity index (χ3n) is 4.56. The fourth-order valence-corrected chi connectivity index (χ4v) is 3.01. The van der Waals surface area contributed by atoms with E-state index in [0.29, 0.717) is 22.7 Å². The lowest BCUT2D eigenvalue weighted by molar-refractivity contribution is 0.0272. The number of carbonyl (C=O) groups excluding carboxylic acids is 2. The molecule has 1 N–H and O–H groups in total. The number of benzene rings is 1. The molecule has 0 aliphatic heterocycles. The number of aromatic nitrogens is 3. The predicted molar refractivity (Wildman–Crippen MR) is 109 cm³/mol. The molecule has 0 fully saturated rings. The van der Waals surface area contributed by atoms with Crippen molar-refractivity contribution in [2.45, 2.75) is 53.8 Å². The van der Waals surface area contributed by atoms with Crippen LogP contribution in [-0.2, 0) is 9.47 Å². The number of hydrogen-bond acceptors (Lipinski definition) is 7. The van der Waals surface area contributed by atoms with Crippen LogP contribution in [-0.4, -0.2) is 33.2 Å². The molecule has 1 aromatic carbocycles. The number of aryl methyl sites for hydroxylation is 2. The number of aromatic amines is 1. The fourth-order valence-electron chi connectivity index (χ4n) is 3.01. The maximum Gasteiger partial charge on any atom is 0.355 e. The summed E-state index contributed by atoms with van der Waals surface area (Å²) in [6.07, 6.45) is -1.03. The first-order valence-electron chi connectivity index (χ1n) is 9.69. The maximum atomic E-state index is 12.7. The average molecular weight is 411 g/mol. The Morgan fingerprint density at radius 3 is 2.27 bits per heavy atom. The zero-order valence-electron chi connectivity index (χ0n) is 17.9. The molecule has 0 saturated carbocycles. The van der Waals surface area contributed by atoms with Gasteiger partial charge in [-0.15, -0.1) is 10.2 Å². The highest BCUT2D eigenvalue weighted by molar-refractivity contribution is 5.98. The molecule has 0 saturated heterocycles. The van der Waals surface area contributed by atoms with Gasteiger partial charge >= 0.3 is 11.9 Å². The molecule has 1 atom stereocenters. The summed E-state index contributed by atoms with van der Waals surface area (Å²) in [6, 6.07) is 7.65. The Kier molecular flexibility index (Phi) is 6.05. The molecule has 0 bridgehead atoms. The predicted octanol–water partition coefficient (Wildman–Crippen LogP) is 4.47. The molecule has 0 radical (unpaired) electrons. The fraction of sp³-hybridized carbons (Fsp3) is 0.364. The summed E-state index contributed by atoms with van der Waals surface area (Å²) in [5.74, 6) is -0.581. The minimum atomic E-state index is -0.765. The van der Waals surface area contributed by atoms with Gasteiger partial charge in [-0.3, -0.25) is 0 Å². The number of H-pyrrole nitrogens is 1. The van der Waals surface area contributed by atoms with Gasteiger partial charge in [0.1, 0.15) is 5.69 Å². The summed E-state index contributed by atoms with van der Waals surface area (Å²) < 4.78 is 16.4. The lowest BCUT2D eigenvalue weighted by Crippen LogP contribution is -2.14. The number of esters is 2. The van der Waals surface area contributed by atoms with Crippen LogP contribution >= 0.6 is 0 Å². The number of rotatable bonds is 6. The Labute approximate surface area is 174 Å². The first-order valence-corrected chi connectivity index (χ1v) is 9.69. The van der Waals surface area contributed by atoms with Gasteiger partial charge in [-0.25, -0.2) is 9.59 Å². The molecule has 2 heterocycles. The average Bonchev–Trinajstić information content (AvgIpc) is 3.26. The molecule has 8 nitrogen and oxygen atoms in total. The molecule has 2 aromatic heterocycles. The van der Waals surface area contributed by atoms with Gasteiger partial charge < -0.3 is 18.9 Å². The standard InChI is InChI=1S/C22H25N3O5/c1-11(2)28-21(26)17-13(4)18(23-14(17)5)22(27)29-15(6)19-24-25-20(30-19)16-9-7-12(3)8-10-16/h7-11,15,23H,1-6H3/t15-/m0/s1. The molecular formula is C22H25N3O5. The Morgan fingerprint density at radius 1 is 0.967 bits per heavy atom. The van der Waals surface area contributed by atoms with E-state index in [4.69, 9.17) is 13.9 Å². The van der Waals surface area contributed by atoms with Gasteiger partial charge in [0, 0.05) is 11.3 Å². The molecule has 0 spiro atoms. The second-order valence-electron chi connectivity index (χ2n) is 7.44. The highest BCUT2D eigenvalue weighted by Gasteiger charge is 2.27. The number of ether oxygens (including phenoxy) is 2. The molecule has 0 aliphatic rings. The van der Waals surface area contributed by atoms with Crippen LogP contribution in [0, 0.1) is 20.8 Å². The van der Waals surface area contributed by atoms with E-state index in [0.717, 1.165) is 11.1 Å². The minimum Gasteiger partial charge on any atom is -0.459 e. The van der Waals surface area contributed by atoms with Crippen LogP contribution in [0.15, 0.2) is 28.7 Å². The van der Waals surface area contributed by atoms with Gasteiger partial charge in [-0.1, -0.05) is 17.7 Å². The van der Waals surface area contributed by atoms with Crippen LogP contribution in [0.4, 0.5) is 0 Å². The van der Waals surface area contributed by atoms with Gasteiger partial charge in [0.25, 0.3) is 5.89 Å². The van der Waals surface area contributed by atoms with Gasteiger partial charge in [0.05, 0.1) is 11.7 Å². The highest BCUT2D eigenvalue weighted by Crippen LogP contribution is 2.25. The molecule has 3 aromatic rings. The quantitative estimate of drug-likeness (QED) is 0.596. The van der Waals surface area contributed by atoms with Crippen LogP contribution in [0.2, 0.25) is 0 Å². The Bertz CT molecular complexity index is 1060. The first kappa shape index (κ1) is 21.3. The summed E-state index contributed by atoms with van der Waals surface area (Å²) in [5, 5.41) is 8.02.